The molecule has 0 radical (unpaired) electrons. The zero-order chi connectivity index (χ0) is 23.9. The first kappa shape index (κ1) is 36.5. The summed E-state index contributed by atoms with van der Waals surface area (Å²) >= 11 is 5.32. The highest BCUT2D eigenvalue weighted by atomic mass is 128. The lowest BCUT2D eigenvalue weighted by Gasteiger charge is -2.22. The molecule has 172 valence electrons. The quantitative estimate of drug-likeness (QED) is 0.280. The van der Waals surface area contributed by atoms with Gasteiger partial charge in [-0.1, -0.05) is 77.9 Å². The predicted molar refractivity (Wildman–Crippen MR) is 147 cm³/mol. The molecule has 1 aliphatic rings. The summed E-state index contributed by atoms with van der Waals surface area (Å²) in [5.41, 5.74) is 0. The van der Waals surface area contributed by atoms with Gasteiger partial charge in [-0.2, -0.15) is 0 Å². The highest BCUT2D eigenvalue weighted by Gasteiger charge is 2.45. The molecule has 8 heteroatoms. The first-order valence-electron chi connectivity index (χ1n) is 9.56. The fraction of sp³-hybridized carbons (Fsp3) is 0.619. The average Bonchev–Trinajstić information content (AvgIpc) is 3.01. The van der Waals surface area contributed by atoms with E-state index in [9.17, 15) is 9.59 Å². The zero-order valence-corrected chi connectivity index (χ0v) is 24.7. The van der Waals surface area contributed by atoms with Gasteiger partial charge in [0.15, 0.2) is 0 Å². The van der Waals surface area contributed by atoms with Gasteiger partial charge in [0.2, 0.25) is 5.91 Å². The monoisotopic (exact) mass is 654 g/mol. The van der Waals surface area contributed by atoms with Crippen LogP contribution in [0.5, 0.6) is 0 Å². The fourth-order valence-electron chi connectivity index (χ4n) is 1.50. The summed E-state index contributed by atoms with van der Waals surface area (Å²) in [6.45, 7) is 14.4. The Kier molecular flexibility index (Phi) is 32.8. The number of methoxy groups -OCH3 is 1. The van der Waals surface area contributed by atoms with Crippen LogP contribution >= 0.6 is 49.0 Å². The number of benzene rings is 1. The predicted octanol–water partition coefficient (Wildman–Crippen LogP) is 7.05. The molecule has 0 spiro atoms. The second-order valence-electron chi connectivity index (χ2n) is 5.76. The van der Waals surface area contributed by atoms with Gasteiger partial charge in [0.1, 0.15) is 4.75 Å². The second-order valence-corrected chi connectivity index (χ2v) is 7.18. The van der Waals surface area contributed by atoms with Crippen LogP contribution in [0.1, 0.15) is 48.5 Å². The molecule has 1 saturated heterocycles. The largest absolute Gasteiger partial charge is 0.369 e. The van der Waals surface area contributed by atoms with E-state index in [1.165, 1.54) is 0 Å². The van der Waals surface area contributed by atoms with Crippen LogP contribution in [0, 0.1) is 5.92 Å². The lowest BCUT2D eigenvalue weighted by molar-refractivity contribution is -0.122. The van der Waals surface area contributed by atoms with Crippen molar-refractivity contribution in [1.29, 1.82) is 0 Å². The summed E-state index contributed by atoms with van der Waals surface area (Å²) in [4.78, 5) is 24.0. The molecule has 1 fully saturated rings. The number of ether oxygens (including phenoxy) is 1. The van der Waals surface area contributed by atoms with E-state index in [0.717, 1.165) is 11.8 Å². The Morgan fingerprint density at radius 2 is 1.34 bits per heavy atom. The Hall–Kier alpha value is 0.0900. The standard InChI is InChI=1S/C7H11NO2S.C6H6.C4H11NO.2C2H6.I2/c1-4(2)7(3)5(9)8-6(10)11-7;1-2-4-6-5-3-1;1-5(2)4-6-3;3*1-2/h4H,1-3H3,(H,8,9,10);1-6H;4H2,1-3H3;2*1-2H3;. The number of hydrogen-bond donors (Lipinski definition) is 1. The number of carbonyl (C=O) groups excluding carboxylic acids is 2. The fourth-order valence-corrected chi connectivity index (χ4v) is 2.41. The van der Waals surface area contributed by atoms with E-state index < -0.39 is 4.75 Å². The molecule has 1 atom stereocenters. The molecule has 1 aromatic carbocycles. The van der Waals surface area contributed by atoms with Gasteiger partial charge >= 0.3 is 0 Å². The number of nitrogens with one attached hydrogen (secondary N) is 1. The van der Waals surface area contributed by atoms with Crippen LogP contribution in [0.4, 0.5) is 4.79 Å². The minimum atomic E-state index is -0.558. The molecular formula is C21H40I2N2O3S. The zero-order valence-electron chi connectivity index (χ0n) is 19.6. The molecule has 0 aromatic heterocycles. The molecule has 1 unspecified atom stereocenters. The molecule has 29 heavy (non-hydrogen) atoms. The van der Waals surface area contributed by atoms with E-state index in [-0.39, 0.29) is 17.1 Å². The topological polar surface area (TPSA) is 58.6 Å². The summed E-state index contributed by atoms with van der Waals surface area (Å²) < 4.78 is 4.17. The van der Waals surface area contributed by atoms with Crippen LogP contribution in [-0.4, -0.2) is 48.7 Å². The normalized spacial score (nSPS) is 16.2. The highest BCUT2D eigenvalue weighted by Crippen LogP contribution is 2.37. The van der Waals surface area contributed by atoms with Gasteiger partial charge in [0.05, 0.1) is 6.73 Å². The Morgan fingerprint density at radius 3 is 1.45 bits per heavy atom. The molecular weight excluding hydrogens is 614 g/mol. The molecule has 1 aliphatic heterocycles. The van der Waals surface area contributed by atoms with Gasteiger partial charge in [-0.15, -0.1) is 0 Å². The first-order chi connectivity index (χ1) is 13.7. The van der Waals surface area contributed by atoms with E-state index in [0.29, 0.717) is 6.73 Å². The molecule has 0 aliphatic carbocycles. The van der Waals surface area contributed by atoms with Crippen molar-refractivity contribution in [1.82, 2.24) is 10.2 Å². The molecule has 2 rings (SSSR count). The van der Waals surface area contributed by atoms with Crippen molar-refractivity contribution in [2.75, 3.05) is 27.9 Å². The van der Waals surface area contributed by atoms with E-state index >= 15 is 0 Å². The van der Waals surface area contributed by atoms with Crippen LogP contribution in [0.25, 0.3) is 0 Å². The van der Waals surface area contributed by atoms with Gasteiger partial charge < -0.3 is 4.74 Å². The second kappa shape index (κ2) is 26.1. The van der Waals surface area contributed by atoms with Crippen LogP contribution < -0.4 is 5.32 Å². The molecule has 1 N–H and O–H groups in total. The summed E-state index contributed by atoms with van der Waals surface area (Å²) in [5, 5.41) is 2.04. The van der Waals surface area contributed by atoms with Crippen molar-refractivity contribution in [3.63, 3.8) is 0 Å². The Morgan fingerprint density at radius 1 is 1.00 bits per heavy atom. The third kappa shape index (κ3) is 21.1. The number of hydrogen-bond acceptors (Lipinski definition) is 5. The summed E-state index contributed by atoms with van der Waals surface area (Å²) in [6, 6.07) is 12.0. The van der Waals surface area contributed by atoms with Crippen LogP contribution in [0.3, 0.4) is 0 Å². The molecule has 1 heterocycles. The van der Waals surface area contributed by atoms with Gasteiger partial charge in [0, 0.05) is 44.3 Å². The molecule has 0 bridgehead atoms. The van der Waals surface area contributed by atoms with E-state index in [1.54, 1.807) is 14.0 Å². The number of imide groups is 1. The van der Waals surface area contributed by atoms with E-state index in [2.05, 4.69) is 42.5 Å². The van der Waals surface area contributed by atoms with Crippen LogP contribution in [0.15, 0.2) is 36.4 Å². The lowest BCUT2D eigenvalue weighted by atomic mass is 9.96. The maximum atomic E-state index is 11.2. The average molecular weight is 654 g/mol. The maximum Gasteiger partial charge on any atom is 0.286 e. The number of carbonyl (C=O) groups is 2. The summed E-state index contributed by atoms with van der Waals surface area (Å²) in [6.07, 6.45) is 0. The Bertz CT molecular complexity index is 452. The Balaban J connectivity index is -0.000000150. The number of nitrogens with zero attached hydrogens (tertiary/aromatic N) is 1. The van der Waals surface area contributed by atoms with Crippen molar-refractivity contribution < 1.29 is 14.3 Å². The summed E-state index contributed by atoms with van der Waals surface area (Å²) in [7, 11) is 5.60. The minimum Gasteiger partial charge on any atom is -0.369 e. The SMILES string of the molecule is CC.CC.CC(C)C1(C)SC(=O)NC1=O.COCN(C)C.II.c1ccccc1. The third-order valence-electron chi connectivity index (χ3n) is 3.13. The van der Waals surface area contributed by atoms with Crippen LogP contribution in [0.2, 0.25) is 0 Å². The van der Waals surface area contributed by atoms with Crippen molar-refractivity contribution >= 4 is 60.1 Å². The molecule has 1 aromatic rings. The first-order valence-corrected chi connectivity index (χ1v) is 16.7. The van der Waals surface area contributed by atoms with Crippen LogP contribution in [-0.2, 0) is 9.53 Å². The maximum absolute atomic E-state index is 11.2. The molecule has 5 nitrogen and oxygen atoms in total. The molecule has 0 saturated carbocycles. The molecule has 2 amide bonds. The van der Waals surface area contributed by atoms with Gasteiger partial charge in [-0.05, 0) is 38.7 Å². The van der Waals surface area contributed by atoms with Gasteiger partial charge in [-0.3, -0.25) is 19.8 Å². The number of halogens is 2. The van der Waals surface area contributed by atoms with Crippen molar-refractivity contribution in [3.8, 4) is 0 Å². The number of amides is 2. The number of rotatable bonds is 3. The number of thioether (sulfide) groups is 1. The third-order valence-corrected chi connectivity index (χ3v) is 4.50. The Labute approximate surface area is 206 Å². The van der Waals surface area contributed by atoms with E-state index in [4.69, 9.17) is 4.74 Å². The summed E-state index contributed by atoms with van der Waals surface area (Å²) in [5.74, 6) is 0.0152. The van der Waals surface area contributed by atoms with Crippen molar-refractivity contribution in [2.24, 2.45) is 5.92 Å². The smallest absolute Gasteiger partial charge is 0.286 e. The van der Waals surface area contributed by atoms with Crippen molar-refractivity contribution in [2.45, 2.75) is 53.2 Å². The highest BCUT2D eigenvalue weighted by molar-refractivity contribution is 15.0. The van der Waals surface area contributed by atoms with Gasteiger partial charge in [0.25, 0.3) is 5.24 Å². The van der Waals surface area contributed by atoms with Crippen molar-refractivity contribution in [3.05, 3.63) is 36.4 Å². The minimum absolute atomic E-state index is 0.164. The van der Waals surface area contributed by atoms with Gasteiger partial charge in [-0.25, -0.2) is 0 Å². The lowest BCUT2D eigenvalue weighted by Crippen LogP contribution is -2.38. The van der Waals surface area contributed by atoms with E-state index in [1.807, 2.05) is 96.9 Å².